The van der Waals surface area contributed by atoms with Crippen LogP contribution in [0, 0.1) is 0 Å². The Morgan fingerprint density at radius 2 is 1.92 bits per heavy atom. The second-order valence-electron chi connectivity index (χ2n) is 10.2. The Labute approximate surface area is 231 Å². The van der Waals surface area contributed by atoms with Crippen LogP contribution in [0.3, 0.4) is 0 Å². The molecule has 0 bridgehead atoms. The average Bonchev–Trinajstić information content (AvgIpc) is 3.37. The number of urea groups is 1. The highest BCUT2D eigenvalue weighted by Gasteiger charge is 2.32. The summed E-state index contributed by atoms with van der Waals surface area (Å²) in [5.41, 5.74) is 4.30. The molecule has 0 unspecified atom stereocenters. The molecular formula is C32H38N4O3. The van der Waals surface area contributed by atoms with Gasteiger partial charge < -0.3 is 18.9 Å². The summed E-state index contributed by atoms with van der Waals surface area (Å²) in [5, 5.41) is 1.17. The molecule has 0 spiro atoms. The van der Waals surface area contributed by atoms with Gasteiger partial charge >= 0.3 is 6.03 Å². The number of carbonyl (C=O) groups excluding carboxylic acids is 1. The van der Waals surface area contributed by atoms with Crippen molar-refractivity contribution in [2.75, 3.05) is 25.2 Å². The number of benzene rings is 2. The Balaban J connectivity index is 1.36. The number of hydrogen-bond donors (Lipinski definition) is 0. The van der Waals surface area contributed by atoms with Crippen LogP contribution in [0.5, 0.6) is 11.5 Å². The average molecular weight is 527 g/mol. The summed E-state index contributed by atoms with van der Waals surface area (Å²) in [7, 11) is 1.65. The Hall–Kier alpha value is -4.00. The van der Waals surface area contributed by atoms with Gasteiger partial charge in [-0.15, -0.1) is 0 Å². The molecule has 1 atom stereocenters. The summed E-state index contributed by atoms with van der Waals surface area (Å²) in [6.45, 7) is 6.93. The summed E-state index contributed by atoms with van der Waals surface area (Å²) in [6.07, 6.45) is 9.96. The molecule has 1 saturated heterocycles. The van der Waals surface area contributed by atoms with E-state index in [4.69, 9.17) is 9.47 Å². The standard InChI is InChI=1S/C32H38N4O3/c1-4-5-6-19-39-31-20-27(12-13-30(31)38-3)35-18-14-24(2)36(32(35)37)23-26-10-7-11-29-28(26)15-17-34(29)22-25-9-8-16-33-21-25/h7-13,15-17,20-21,24H,4-6,14,18-19,22-23H2,1-3H3/t24-/m0/s1. The number of nitrogens with zero attached hydrogens (tertiary/aromatic N) is 4. The second-order valence-corrected chi connectivity index (χ2v) is 10.2. The maximum atomic E-state index is 13.9. The van der Waals surface area contributed by atoms with Gasteiger partial charge in [0.1, 0.15) is 0 Å². The monoisotopic (exact) mass is 526 g/mol. The van der Waals surface area contributed by atoms with Crippen LogP contribution in [0.25, 0.3) is 10.9 Å². The predicted octanol–water partition coefficient (Wildman–Crippen LogP) is 6.88. The van der Waals surface area contributed by atoms with Gasteiger partial charge in [0.05, 0.1) is 13.7 Å². The summed E-state index contributed by atoms with van der Waals surface area (Å²) < 4.78 is 13.8. The molecule has 2 amide bonds. The quantitative estimate of drug-likeness (QED) is 0.200. The van der Waals surface area contributed by atoms with Crippen LogP contribution >= 0.6 is 0 Å². The molecule has 0 aliphatic carbocycles. The van der Waals surface area contributed by atoms with Gasteiger partial charge in [-0.2, -0.15) is 0 Å². The summed E-state index contributed by atoms with van der Waals surface area (Å²) >= 11 is 0. The van der Waals surface area contributed by atoms with Crippen LogP contribution in [0.1, 0.15) is 50.7 Å². The van der Waals surface area contributed by atoms with Gasteiger partial charge in [-0.05, 0) is 61.2 Å². The number of ether oxygens (including phenoxy) is 2. The van der Waals surface area contributed by atoms with Crippen molar-refractivity contribution >= 4 is 22.6 Å². The lowest BCUT2D eigenvalue weighted by atomic mass is 10.1. The molecule has 1 aliphatic heterocycles. The van der Waals surface area contributed by atoms with Crippen molar-refractivity contribution in [1.82, 2.24) is 14.5 Å². The first-order valence-corrected chi connectivity index (χ1v) is 13.9. The number of hydrogen-bond acceptors (Lipinski definition) is 4. The molecule has 4 aromatic rings. The third-order valence-electron chi connectivity index (χ3n) is 7.56. The van der Waals surface area contributed by atoms with E-state index in [1.807, 2.05) is 40.3 Å². The van der Waals surface area contributed by atoms with E-state index < -0.39 is 0 Å². The van der Waals surface area contributed by atoms with Crippen LogP contribution in [-0.2, 0) is 13.1 Å². The molecule has 0 N–H and O–H groups in total. The van der Waals surface area contributed by atoms with E-state index in [1.54, 1.807) is 13.3 Å². The fraction of sp³-hybridized carbons (Fsp3) is 0.375. The van der Waals surface area contributed by atoms with Gasteiger partial charge in [-0.3, -0.25) is 9.88 Å². The second kappa shape index (κ2) is 12.2. The van der Waals surface area contributed by atoms with E-state index >= 15 is 0 Å². The van der Waals surface area contributed by atoms with Crippen molar-refractivity contribution in [3.05, 3.63) is 84.3 Å². The third kappa shape index (κ3) is 5.87. The number of carbonyl (C=O) groups is 1. The number of amides is 2. The molecule has 2 aromatic heterocycles. The summed E-state index contributed by atoms with van der Waals surface area (Å²) in [5.74, 6) is 1.37. The zero-order valence-corrected chi connectivity index (χ0v) is 23.2. The van der Waals surface area contributed by atoms with Crippen molar-refractivity contribution < 1.29 is 14.3 Å². The first-order chi connectivity index (χ1) is 19.1. The fourth-order valence-electron chi connectivity index (χ4n) is 5.29. The molecule has 3 heterocycles. The summed E-state index contributed by atoms with van der Waals surface area (Å²) in [4.78, 5) is 22.0. The van der Waals surface area contributed by atoms with E-state index in [2.05, 4.69) is 59.9 Å². The van der Waals surface area contributed by atoms with Crippen molar-refractivity contribution in [1.29, 1.82) is 0 Å². The molecule has 39 heavy (non-hydrogen) atoms. The molecule has 0 radical (unpaired) electrons. The number of aromatic nitrogens is 2. The maximum absolute atomic E-state index is 13.9. The van der Waals surface area contributed by atoms with Crippen LogP contribution in [-0.4, -0.2) is 46.8 Å². The van der Waals surface area contributed by atoms with Crippen molar-refractivity contribution in [3.8, 4) is 11.5 Å². The minimum atomic E-state index is 0.0163. The maximum Gasteiger partial charge on any atom is 0.325 e. The molecule has 1 aliphatic rings. The minimum absolute atomic E-state index is 0.0163. The van der Waals surface area contributed by atoms with E-state index in [-0.39, 0.29) is 12.1 Å². The highest BCUT2D eigenvalue weighted by molar-refractivity contribution is 5.94. The number of rotatable bonds is 11. The van der Waals surface area contributed by atoms with Crippen LogP contribution < -0.4 is 14.4 Å². The summed E-state index contributed by atoms with van der Waals surface area (Å²) in [6, 6.07) is 18.5. The minimum Gasteiger partial charge on any atom is -0.493 e. The predicted molar refractivity (Wildman–Crippen MR) is 156 cm³/mol. The molecular weight excluding hydrogens is 488 g/mol. The van der Waals surface area contributed by atoms with Crippen LogP contribution in [0.15, 0.2) is 73.2 Å². The number of pyridine rings is 1. The smallest absolute Gasteiger partial charge is 0.325 e. The Bertz CT molecular complexity index is 1400. The van der Waals surface area contributed by atoms with Gasteiger partial charge in [0, 0.05) is 66.9 Å². The van der Waals surface area contributed by atoms with Gasteiger partial charge in [0.15, 0.2) is 11.5 Å². The van der Waals surface area contributed by atoms with Gasteiger partial charge in [0.2, 0.25) is 0 Å². The molecule has 1 fully saturated rings. The largest absolute Gasteiger partial charge is 0.493 e. The molecule has 2 aromatic carbocycles. The number of methoxy groups -OCH3 is 1. The molecule has 204 valence electrons. The number of unbranched alkanes of at least 4 members (excludes halogenated alkanes) is 2. The SMILES string of the molecule is CCCCCOc1cc(N2CC[C@H](C)N(Cc3cccc4c3ccn4Cc3cccnc3)C2=O)ccc1OC. The molecule has 7 heteroatoms. The van der Waals surface area contributed by atoms with Gasteiger partial charge in [-0.25, -0.2) is 4.79 Å². The zero-order valence-electron chi connectivity index (χ0n) is 23.2. The van der Waals surface area contributed by atoms with Crippen molar-refractivity contribution in [3.63, 3.8) is 0 Å². The first kappa shape index (κ1) is 26.6. The Morgan fingerprint density at radius 3 is 2.72 bits per heavy atom. The van der Waals surface area contributed by atoms with E-state index in [0.717, 1.165) is 54.6 Å². The first-order valence-electron chi connectivity index (χ1n) is 13.9. The molecule has 0 saturated carbocycles. The van der Waals surface area contributed by atoms with Gasteiger partial charge in [0.25, 0.3) is 0 Å². The van der Waals surface area contributed by atoms with Crippen LogP contribution in [0.4, 0.5) is 10.5 Å². The van der Waals surface area contributed by atoms with E-state index in [0.29, 0.717) is 31.2 Å². The van der Waals surface area contributed by atoms with Gasteiger partial charge in [-0.1, -0.05) is 38.0 Å². The lowest BCUT2D eigenvalue weighted by Gasteiger charge is -2.40. The van der Waals surface area contributed by atoms with E-state index in [9.17, 15) is 4.79 Å². The number of anilines is 1. The lowest BCUT2D eigenvalue weighted by Crippen LogP contribution is -2.53. The highest BCUT2D eigenvalue weighted by Crippen LogP contribution is 2.34. The molecule has 5 rings (SSSR count). The fourth-order valence-corrected chi connectivity index (χ4v) is 5.29. The molecule has 7 nitrogen and oxygen atoms in total. The van der Waals surface area contributed by atoms with Crippen molar-refractivity contribution in [2.24, 2.45) is 0 Å². The van der Waals surface area contributed by atoms with Crippen LogP contribution in [0.2, 0.25) is 0 Å². The highest BCUT2D eigenvalue weighted by atomic mass is 16.5. The Kier molecular flexibility index (Phi) is 8.35. The van der Waals surface area contributed by atoms with E-state index in [1.165, 1.54) is 5.39 Å². The topological polar surface area (TPSA) is 59.8 Å². The Morgan fingerprint density at radius 1 is 1.03 bits per heavy atom. The van der Waals surface area contributed by atoms with Crippen molar-refractivity contribution in [2.45, 2.75) is 58.7 Å². The zero-order chi connectivity index (χ0) is 27.2. The lowest BCUT2D eigenvalue weighted by molar-refractivity contribution is 0.166. The number of fused-ring (bicyclic) bond motifs is 1. The normalized spacial score (nSPS) is 15.7. The third-order valence-corrected chi connectivity index (χ3v) is 7.56.